The molecule has 0 aromatic rings. The van der Waals surface area contributed by atoms with Gasteiger partial charge in [0, 0.05) is 24.8 Å². The van der Waals surface area contributed by atoms with E-state index in [4.69, 9.17) is 0 Å². The number of rotatable bonds is 3. The summed E-state index contributed by atoms with van der Waals surface area (Å²) < 4.78 is 0. The highest BCUT2D eigenvalue weighted by molar-refractivity contribution is 6.06. The molecule has 0 N–H and O–H groups in total. The van der Waals surface area contributed by atoms with Crippen LogP contribution in [0.5, 0.6) is 0 Å². The molecular weight excluding hydrogens is 324 g/mol. The van der Waals surface area contributed by atoms with Crippen LogP contribution in [-0.2, 0) is 14.4 Å². The molecule has 0 aromatic heterocycles. The highest BCUT2D eigenvalue weighted by Gasteiger charge is 2.60. The Morgan fingerprint density at radius 2 is 1.96 bits per heavy atom. The lowest BCUT2D eigenvalue weighted by molar-refractivity contribution is -0.126. The fourth-order valence-corrected chi connectivity index (χ4v) is 6.78. The van der Waals surface area contributed by atoms with E-state index in [1.807, 2.05) is 0 Å². The number of carbonyl (C=O) groups is 3. The summed E-state index contributed by atoms with van der Waals surface area (Å²) >= 11 is 0. The van der Waals surface area contributed by atoms with Gasteiger partial charge in [0.25, 0.3) is 0 Å². The third-order valence-electron chi connectivity index (χ3n) is 8.73. The molecule has 0 spiro atoms. The highest BCUT2D eigenvalue weighted by atomic mass is 16.1. The van der Waals surface area contributed by atoms with Gasteiger partial charge in [-0.25, -0.2) is 0 Å². The minimum absolute atomic E-state index is 0.0967. The number of ketones is 2. The zero-order chi connectivity index (χ0) is 18.7. The number of hydrogen-bond donors (Lipinski definition) is 0. The highest BCUT2D eigenvalue weighted by Crippen LogP contribution is 2.68. The van der Waals surface area contributed by atoms with Crippen LogP contribution in [0.4, 0.5) is 0 Å². The maximum atomic E-state index is 13.0. The first-order valence-corrected chi connectivity index (χ1v) is 10.2. The average molecular weight is 354 g/mol. The van der Waals surface area contributed by atoms with E-state index < -0.39 is 0 Å². The molecule has 2 fully saturated rings. The molecule has 2 saturated carbocycles. The van der Waals surface area contributed by atoms with Gasteiger partial charge in [0.2, 0.25) is 0 Å². The molecule has 0 radical (unpaired) electrons. The van der Waals surface area contributed by atoms with Gasteiger partial charge in [-0.15, -0.1) is 0 Å². The van der Waals surface area contributed by atoms with E-state index in [1.54, 1.807) is 6.08 Å². The van der Waals surface area contributed by atoms with Crippen molar-refractivity contribution < 1.29 is 14.4 Å². The molecule has 0 heterocycles. The number of hydrogen-bond acceptors (Lipinski definition) is 3. The van der Waals surface area contributed by atoms with Crippen molar-refractivity contribution >= 4 is 17.9 Å². The van der Waals surface area contributed by atoms with Crippen molar-refractivity contribution in [3.05, 3.63) is 23.3 Å². The van der Waals surface area contributed by atoms with Crippen molar-refractivity contribution in [3.63, 3.8) is 0 Å². The normalized spacial score (nSPS) is 44.6. The minimum Gasteiger partial charge on any atom is -0.303 e. The first-order chi connectivity index (χ1) is 12.2. The van der Waals surface area contributed by atoms with E-state index >= 15 is 0 Å². The summed E-state index contributed by atoms with van der Waals surface area (Å²) in [6, 6.07) is 0. The molecule has 4 aliphatic carbocycles. The molecule has 3 heteroatoms. The summed E-state index contributed by atoms with van der Waals surface area (Å²) in [7, 11) is 0. The van der Waals surface area contributed by atoms with Crippen LogP contribution in [0.15, 0.2) is 23.3 Å². The van der Waals surface area contributed by atoms with Gasteiger partial charge in [0.05, 0.1) is 0 Å². The quantitative estimate of drug-likeness (QED) is 0.550. The van der Waals surface area contributed by atoms with Crippen LogP contribution >= 0.6 is 0 Å². The van der Waals surface area contributed by atoms with Crippen LogP contribution < -0.4 is 0 Å². The Labute approximate surface area is 156 Å². The van der Waals surface area contributed by atoms with Crippen molar-refractivity contribution in [3.8, 4) is 0 Å². The summed E-state index contributed by atoms with van der Waals surface area (Å²) in [6.45, 7) is 6.93. The lowest BCUT2D eigenvalue weighted by Crippen LogP contribution is -2.51. The van der Waals surface area contributed by atoms with Gasteiger partial charge < -0.3 is 4.79 Å². The molecule has 140 valence electrons. The zero-order valence-corrected chi connectivity index (χ0v) is 16.3. The predicted molar refractivity (Wildman–Crippen MR) is 100 cm³/mol. The first kappa shape index (κ1) is 17.9. The predicted octanol–water partition coefficient (Wildman–Crippen LogP) is 4.60. The maximum Gasteiger partial charge on any atom is 0.160 e. The number of carbonyl (C=O) groups excluding carboxylic acids is 3. The second-order valence-electron chi connectivity index (χ2n) is 9.78. The number of Topliss-reactive ketones (excluding diaryl/α,β-unsaturated/α-hetero) is 1. The van der Waals surface area contributed by atoms with Gasteiger partial charge in [-0.3, -0.25) is 9.59 Å². The van der Waals surface area contributed by atoms with Crippen LogP contribution in [-0.4, -0.2) is 17.9 Å². The van der Waals surface area contributed by atoms with Crippen LogP contribution in [0.2, 0.25) is 0 Å². The Kier molecular flexibility index (Phi) is 3.95. The number of aldehydes is 1. The topological polar surface area (TPSA) is 51.2 Å². The molecule has 0 saturated heterocycles. The third kappa shape index (κ3) is 2.21. The van der Waals surface area contributed by atoms with E-state index in [0.29, 0.717) is 31.1 Å². The van der Waals surface area contributed by atoms with Gasteiger partial charge in [-0.05, 0) is 66.3 Å². The van der Waals surface area contributed by atoms with E-state index in [-0.39, 0.29) is 27.8 Å². The van der Waals surface area contributed by atoms with Crippen molar-refractivity contribution in [2.75, 3.05) is 0 Å². The van der Waals surface area contributed by atoms with E-state index in [2.05, 4.69) is 26.8 Å². The summed E-state index contributed by atoms with van der Waals surface area (Å²) in [4.78, 5) is 35.9. The van der Waals surface area contributed by atoms with Gasteiger partial charge >= 0.3 is 0 Å². The third-order valence-corrected chi connectivity index (χ3v) is 8.73. The van der Waals surface area contributed by atoms with Crippen LogP contribution in [0.25, 0.3) is 0 Å². The zero-order valence-electron chi connectivity index (χ0n) is 16.3. The van der Waals surface area contributed by atoms with Gasteiger partial charge in [0.1, 0.15) is 6.29 Å². The molecule has 0 bridgehead atoms. The van der Waals surface area contributed by atoms with Crippen LogP contribution in [0, 0.1) is 28.1 Å². The maximum absolute atomic E-state index is 13.0. The molecule has 0 aliphatic heterocycles. The lowest BCUT2D eigenvalue weighted by atomic mass is 9.46. The minimum atomic E-state index is -0.141. The Morgan fingerprint density at radius 3 is 2.69 bits per heavy atom. The van der Waals surface area contributed by atoms with Gasteiger partial charge in [-0.1, -0.05) is 32.4 Å². The van der Waals surface area contributed by atoms with E-state index in [1.165, 1.54) is 5.57 Å². The molecule has 4 rings (SSSR count). The smallest absolute Gasteiger partial charge is 0.160 e. The summed E-state index contributed by atoms with van der Waals surface area (Å²) in [5.41, 5.74) is 2.36. The standard InChI is InChI=1S/C23H30O3/c1-21(8-4-12-24)9-6-18-16-14-20(26)19-13-15(25)5-10-22(19,2)17(16)7-11-23(18,21)3/h6,12-13,16-17H,4-5,7-11,14H2,1-3H3/t16?,17?,21-,22-,23-/m1/s1. The second-order valence-corrected chi connectivity index (χ2v) is 9.78. The van der Waals surface area contributed by atoms with E-state index in [0.717, 1.165) is 44.0 Å². The first-order valence-electron chi connectivity index (χ1n) is 10.2. The van der Waals surface area contributed by atoms with Crippen molar-refractivity contribution in [1.82, 2.24) is 0 Å². The molecule has 3 nitrogen and oxygen atoms in total. The average Bonchev–Trinajstić information content (AvgIpc) is 2.87. The monoisotopic (exact) mass is 354 g/mol. The molecule has 26 heavy (non-hydrogen) atoms. The largest absolute Gasteiger partial charge is 0.303 e. The van der Waals surface area contributed by atoms with Gasteiger partial charge in [0.15, 0.2) is 11.6 Å². The molecule has 5 atom stereocenters. The molecule has 2 unspecified atom stereocenters. The van der Waals surface area contributed by atoms with Crippen molar-refractivity contribution in [2.45, 2.75) is 72.1 Å². The van der Waals surface area contributed by atoms with Crippen LogP contribution in [0.1, 0.15) is 72.1 Å². The molecular formula is C23H30O3. The molecule has 4 aliphatic rings. The number of allylic oxidation sites excluding steroid dienone is 4. The van der Waals surface area contributed by atoms with Gasteiger partial charge in [-0.2, -0.15) is 0 Å². The molecule has 0 aromatic carbocycles. The molecule has 0 amide bonds. The Balaban J connectivity index is 1.70. The fraction of sp³-hybridized carbons (Fsp3) is 0.696. The summed E-state index contributed by atoms with van der Waals surface area (Å²) in [5, 5.41) is 0. The number of fused-ring (bicyclic) bond motifs is 5. The summed E-state index contributed by atoms with van der Waals surface area (Å²) in [5.74, 6) is 1.09. The Hall–Kier alpha value is -1.51. The van der Waals surface area contributed by atoms with Crippen molar-refractivity contribution in [1.29, 1.82) is 0 Å². The van der Waals surface area contributed by atoms with Crippen molar-refractivity contribution in [2.24, 2.45) is 28.1 Å². The van der Waals surface area contributed by atoms with Crippen LogP contribution in [0.3, 0.4) is 0 Å². The fourth-order valence-electron chi connectivity index (χ4n) is 6.78. The SMILES string of the molecule is C[C@@]1(CCC=O)CC=C2C3CC(=O)C4=CC(=O)CC[C@]4(C)C3CC[C@]21C. The summed E-state index contributed by atoms with van der Waals surface area (Å²) in [6.07, 6.45) is 11.9. The Bertz CT molecular complexity index is 745. The lowest BCUT2D eigenvalue weighted by Gasteiger charge is -2.57. The van der Waals surface area contributed by atoms with E-state index in [9.17, 15) is 14.4 Å². The second kappa shape index (κ2) is 5.74. The Morgan fingerprint density at radius 1 is 1.19 bits per heavy atom.